The van der Waals surface area contributed by atoms with Crippen LogP contribution in [0.5, 0.6) is 0 Å². The Labute approximate surface area is 117 Å². The van der Waals surface area contributed by atoms with Crippen LogP contribution in [0.4, 0.5) is 0 Å². The lowest BCUT2D eigenvalue weighted by Gasteiger charge is -2.09. The molecule has 4 heteroatoms. The molecule has 84 valence electrons. The van der Waals surface area contributed by atoms with Gasteiger partial charge in [-0.25, -0.2) is 0 Å². The van der Waals surface area contributed by atoms with E-state index >= 15 is 0 Å². The Hall–Kier alpha value is -0.0200. The van der Waals surface area contributed by atoms with Crippen LogP contribution < -0.4 is 0 Å². The second-order valence-corrected chi connectivity index (χ2v) is 6.36. The maximum Gasteiger partial charge on any atom is 0.0634 e. The molecule has 0 amide bonds. The lowest BCUT2D eigenvalue weighted by Crippen LogP contribution is -1.94. The van der Waals surface area contributed by atoms with Crippen LogP contribution in [0, 0.1) is 0 Å². The quantitative estimate of drug-likeness (QED) is 0.632. The minimum absolute atomic E-state index is 0.0337. The van der Waals surface area contributed by atoms with E-state index in [1.807, 2.05) is 24.3 Å². The minimum atomic E-state index is -0.0337. The first-order chi connectivity index (χ1) is 7.65. The lowest BCUT2D eigenvalue weighted by atomic mass is 10.1. The monoisotopic (exact) mass is 334 g/mol. The van der Waals surface area contributed by atoms with E-state index in [4.69, 9.17) is 23.2 Å². The lowest BCUT2D eigenvalue weighted by molar-refractivity contribution is 0.937. The van der Waals surface area contributed by atoms with Crippen molar-refractivity contribution >= 4 is 50.5 Å². The average molecular weight is 336 g/mol. The third kappa shape index (κ3) is 3.24. The molecule has 0 spiro atoms. The zero-order valence-electron chi connectivity index (χ0n) is 8.29. The average Bonchev–Trinajstić information content (AvgIpc) is 2.68. The maximum atomic E-state index is 6.37. The van der Waals surface area contributed by atoms with E-state index in [-0.39, 0.29) is 5.38 Å². The molecule has 0 saturated heterocycles. The zero-order valence-corrected chi connectivity index (χ0v) is 12.2. The largest absolute Gasteiger partial charge is 0.149 e. The molecule has 0 saturated carbocycles. The van der Waals surface area contributed by atoms with Gasteiger partial charge in [-0.1, -0.05) is 33.6 Å². The molecule has 1 aromatic carbocycles. The van der Waals surface area contributed by atoms with Crippen molar-refractivity contribution < 1.29 is 0 Å². The highest BCUT2D eigenvalue weighted by molar-refractivity contribution is 9.10. The Kier molecular flexibility index (Phi) is 4.31. The van der Waals surface area contributed by atoms with Gasteiger partial charge >= 0.3 is 0 Å². The summed E-state index contributed by atoms with van der Waals surface area (Å²) in [6.07, 6.45) is 0.839. The van der Waals surface area contributed by atoms with Gasteiger partial charge in [-0.3, -0.25) is 0 Å². The van der Waals surface area contributed by atoms with Gasteiger partial charge in [-0.05, 0) is 35.2 Å². The van der Waals surface area contributed by atoms with Crippen molar-refractivity contribution in [2.45, 2.75) is 11.8 Å². The fraction of sp³-hybridized carbons (Fsp3) is 0.167. The molecule has 1 unspecified atom stereocenters. The summed E-state index contributed by atoms with van der Waals surface area (Å²) in [5.41, 5.74) is 1.05. The van der Waals surface area contributed by atoms with Gasteiger partial charge in [0, 0.05) is 20.8 Å². The number of hydrogen-bond acceptors (Lipinski definition) is 1. The first kappa shape index (κ1) is 12.4. The van der Waals surface area contributed by atoms with Gasteiger partial charge in [-0.2, -0.15) is 0 Å². The predicted octanol–water partition coefficient (Wildman–Crippen LogP) is 5.69. The van der Waals surface area contributed by atoms with E-state index in [1.165, 1.54) is 4.88 Å². The van der Waals surface area contributed by atoms with Gasteiger partial charge in [0.15, 0.2) is 0 Å². The third-order valence-electron chi connectivity index (χ3n) is 2.21. The fourth-order valence-electron chi connectivity index (χ4n) is 1.48. The number of thiophene rings is 1. The number of hydrogen-bond donors (Lipinski definition) is 0. The highest BCUT2D eigenvalue weighted by Crippen LogP contribution is 2.31. The van der Waals surface area contributed by atoms with Crippen LogP contribution in [0.3, 0.4) is 0 Å². The Bertz CT molecular complexity index is 448. The molecule has 2 aromatic rings. The van der Waals surface area contributed by atoms with Gasteiger partial charge in [0.05, 0.1) is 5.38 Å². The zero-order chi connectivity index (χ0) is 11.5. The SMILES string of the molecule is Clc1cc(Br)cc(C(Cl)Cc2cccs2)c1. The Morgan fingerprint density at radius 3 is 2.75 bits per heavy atom. The summed E-state index contributed by atoms with van der Waals surface area (Å²) in [5.74, 6) is 0. The topological polar surface area (TPSA) is 0 Å². The summed E-state index contributed by atoms with van der Waals surface area (Å²) < 4.78 is 0.965. The molecule has 1 atom stereocenters. The van der Waals surface area contributed by atoms with Gasteiger partial charge in [-0.15, -0.1) is 22.9 Å². The molecule has 0 aliphatic carbocycles. The second-order valence-electron chi connectivity index (χ2n) is 3.45. The van der Waals surface area contributed by atoms with Crippen LogP contribution in [0.25, 0.3) is 0 Å². The van der Waals surface area contributed by atoms with Crippen molar-refractivity contribution in [1.82, 2.24) is 0 Å². The van der Waals surface area contributed by atoms with Crippen LogP contribution in [0.15, 0.2) is 40.2 Å². The summed E-state index contributed by atoms with van der Waals surface area (Å²) in [7, 11) is 0. The molecule has 1 heterocycles. The van der Waals surface area contributed by atoms with Gasteiger partial charge in [0.2, 0.25) is 0 Å². The number of alkyl halides is 1. The molecule has 2 rings (SSSR count). The molecule has 0 fully saturated rings. The highest BCUT2D eigenvalue weighted by atomic mass is 79.9. The molecular formula is C12H9BrCl2S. The molecular weight excluding hydrogens is 327 g/mol. The molecule has 0 aliphatic heterocycles. The minimum Gasteiger partial charge on any atom is -0.149 e. The number of rotatable bonds is 3. The molecule has 0 nitrogen and oxygen atoms in total. The van der Waals surface area contributed by atoms with Crippen molar-refractivity contribution in [2.75, 3.05) is 0 Å². The van der Waals surface area contributed by atoms with Crippen LogP contribution in [0.1, 0.15) is 15.8 Å². The Morgan fingerprint density at radius 1 is 1.31 bits per heavy atom. The standard InChI is InChI=1S/C12H9BrCl2S/c13-9-4-8(5-10(14)6-9)12(15)7-11-2-1-3-16-11/h1-6,12H,7H2. The molecule has 0 bridgehead atoms. The highest BCUT2D eigenvalue weighted by Gasteiger charge is 2.11. The summed E-state index contributed by atoms with van der Waals surface area (Å²) in [6, 6.07) is 9.92. The third-order valence-corrected chi connectivity index (χ3v) is 4.19. The van der Waals surface area contributed by atoms with Crippen LogP contribution in [-0.2, 0) is 6.42 Å². The smallest absolute Gasteiger partial charge is 0.0634 e. The van der Waals surface area contributed by atoms with E-state index in [0.29, 0.717) is 5.02 Å². The van der Waals surface area contributed by atoms with Crippen LogP contribution in [0.2, 0.25) is 5.02 Å². The molecule has 16 heavy (non-hydrogen) atoms. The summed E-state index contributed by atoms with van der Waals surface area (Å²) in [6.45, 7) is 0. The number of halogens is 3. The van der Waals surface area contributed by atoms with Crippen molar-refractivity contribution in [3.8, 4) is 0 Å². The Morgan fingerprint density at radius 2 is 2.12 bits per heavy atom. The van der Waals surface area contributed by atoms with Crippen molar-refractivity contribution in [3.05, 3.63) is 55.6 Å². The first-order valence-electron chi connectivity index (χ1n) is 4.77. The van der Waals surface area contributed by atoms with Crippen molar-refractivity contribution in [1.29, 1.82) is 0 Å². The molecule has 0 radical (unpaired) electrons. The number of benzene rings is 1. The fourth-order valence-corrected chi connectivity index (χ4v) is 3.50. The van der Waals surface area contributed by atoms with Crippen LogP contribution in [-0.4, -0.2) is 0 Å². The summed E-state index contributed by atoms with van der Waals surface area (Å²) in [5, 5.41) is 2.74. The van der Waals surface area contributed by atoms with E-state index < -0.39 is 0 Å². The van der Waals surface area contributed by atoms with E-state index in [9.17, 15) is 0 Å². The van der Waals surface area contributed by atoms with Crippen molar-refractivity contribution in [3.63, 3.8) is 0 Å². The molecule has 0 aliphatic rings. The molecule has 1 aromatic heterocycles. The Balaban J connectivity index is 2.17. The van der Waals surface area contributed by atoms with E-state index in [0.717, 1.165) is 16.5 Å². The normalized spacial score (nSPS) is 12.7. The predicted molar refractivity (Wildman–Crippen MR) is 75.8 cm³/mol. The summed E-state index contributed by atoms with van der Waals surface area (Å²) >= 11 is 17.5. The van der Waals surface area contributed by atoms with Gasteiger partial charge < -0.3 is 0 Å². The first-order valence-corrected chi connectivity index (χ1v) is 7.26. The molecule has 0 N–H and O–H groups in total. The second kappa shape index (κ2) is 5.54. The van der Waals surface area contributed by atoms with Crippen molar-refractivity contribution in [2.24, 2.45) is 0 Å². The van der Waals surface area contributed by atoms with Crippen LogP contribution >= 0.6 is 50.5 Å². The summed E-state index contributed by atoms with van der Waals surface area (Å²) in [4.78, 5) is 1.29. The maximum absolute atomic E-state index is 6.37. The van der Waals surface area contributed by atoms with E-state index in [2.05, 4.69) is 27.4 Å². The van der Waals surface area contributed by atoms with Gasteiger partial charge in [0.1, 0.15) is 0 Å². The van der Waals surface area contributed by atoms with E-state index in [1.54, 1.807) is 11.3 Å². The van der Waals surface area contributed by atoms with Gasteiger partial charge in [0.25, 0.3) is 0 Å².